The lowest BCUT2D eigenvalue weighted by Crippen LogP contribution is -2.48. The molecule has 5 nitrogen and oxygen atoms in total. The van der Waals surface area contributed by atoms with E-state index in [-0.39, 0.29) is 22.6 Å². The number of hydrogen-bond donors (Lipinski definition) is 0. The highest BCUT2D eigenvalue weighted by Crippen LogP contribution is 2.36. The van der Waals surface area contributed by atoms with Gasteiger partial charge in [0.05, 0.1) is 5.69 Å². The molecular weight excluding hydrogens is 401 g/mol. The van der Waals surface area contributed by atoms with Crippen molar-refractivity contribution in [2.45, 2.75) is 16.9 Å². The van der Waals surface area contributed by atoms with Crippen LogP contribution in [0.25, 0.3) is 5.65 Å². The molecule has 0 aliphatic carbocycles. The minimum absolute atomic E-state index is 0.0753. The van der Waals surface area contributed by atoms with Crippen LogP contribution in [0.5, 0.6) is 0 Å². The highest BCUT2D eigenvalue weighted by Gasteiger charge is 2.29. The highest BCUT2D eigenvalue weighted by atomic mass is 32.2. The fourth-order valence-electron chi connectivity index (χ4n) is 3.38. The molecule has 1 aromatic carbocycles. The first-order valence-electron chi connectivity index (χ1n) is 9.17. The number of imidazole rings is 1. The van der Waals surface area contributed by atoms with Crippen molar-refractivity contribution in [1.82, 2.24) is 19.2 Å². The van der Waals surface area contributed by atoms with Crippen LogP contribution in [0.2, 0.25) is 0 Å². The molecule has 0 unspecified atom stereocenters. The zero-order valence-corrected chi connectivity index (χ0v) is 16.3. The summed E-state index contributed by atoms with van der Waals surface area (Å²) < 4.78 is 39.2. The van der Waals surface area contributed by atoms with Crippen molar-refractivity contribution in [2.75, 3.05) is 26.2 Å². The van der Waals surface area contributed by atoms with E-state index in [1.165, 1.54) is 24.3 Å². The van der Waals surface area contributed by atoms with E-state index in [0.717, 1.165) is 24.4 Å². The number of hydrogen-bond acceptors (Lipinski definition) is 4. The first kappa shape index (κ1) is 19.8. The molecule has 1 fully saturated rings. The van der Waals surface area contributed by atoms with Crippen molar-refractivity contribution < 1.29 is 18.0 Å². The van der Waals surface area contributed by atoms with Gasteiger partial charge in [0.15, 0.2) is 0 Å². The molecule has 0 radical (unpaired) electrons. The third kappa shape index (κ3) is 4.91. The number of alkyl halides is 3. The van der Waals surface area contributed by atoms with Crippen LogP contribution >= 0.6 is 11.8 Å². The van der Waals surface area contributed by atoms with Crippen LogP contribution < -0.4 is 0 Å². The molecule has 1 aliphatic rings. The molecular formula is C20H19F3N4OS. The van der Waals surface area contributed by atoms with Gasteiger partial charge in [0.2, 0.25) is 0 Å². The second kappa shape index (κ2) is 8.08. The van der Waals surface area contributed by atoms with E-state index in [9.17, 15) is 18.0 Å². The van der Waals surface area contributed by atoms with Crippen LogP contribution in [0.4, 0.5) is 13.2 Å². The Balaban J connectivity index is 1.32. The summed E-state index contributed by atoms with van der Waals surface area (Å²) in [4.78, 5) is 21.3. The van der Waals surface area contributed by atoms with Gasteiger partial charge in [-0.3, -0.25) is 9.69 Å². The van der Waals surface area contributed by atoms with Gasteiger partial charge in [-0.15, -0.1) is 0 Å². The predicted molar refractivity (Wildman–Crippen MR) is 105 cm³/mol. The molecule has 9 heteroatoms. The number of carbonyl (C=O) groups excluding carboxylic acids is 1. The van der Waals surface area contributed by atoms with Gasteiger partial charge in [-0.1, -0.05) is 6.07 Å². The van der Waals surface area contributed by atoms with Gasteiger partial charge < -0.3 is 9.30 Å². The van der Waals surface area contributed by atoms with E-state index in [0.29, 0.717) is 25.2 Å². The summed E-state index contributed by atoms with van der Waals surface area (Å²) in [7, 11) is 0. The molecule has 4 rings (SSSR count). The molecule has 1 aliphatic heterocycles. The van der Waals surface area contributed by atoms with Crippen LogP contribution in [-0.4, -0.2) is 56.8 Å². The lowest BCUT2D eigenvalue weighted by atomic mass is 10.2. The summed E-state index contributed by atoms with van der Waals surface area (Å²) in [6, 6.07) is 11.5. The SMILES string of the molecule is O=C(c1ccc(SC(F)(F)F)cc1)N1CCN(Cc2cn3ccccc3n2)CC1. The van der Waals surface area contributed by atoms with Crippen molar-refractivity contribution >= 4 is 23.3 Å². The smallest absolute Gasteiger partial charge is 0.336 e. The number of rotatable bonds is 4. The van der Waals surface area contributed by atoms with E-state index in [1.807, 2.05) is 35.0 Å². The Kier molecular flexibility index (Phi) is 5.51. The lowest BCUT2D eigenvalue weighted by Gasteiger charge is -2.34. The summed E-state index contributed by atoms with van der Waals surface area (Å²) in [5.74, 6) is -0.152. The quantitative estimate of drug-likeness (QED) is 0.601. The molecule has 29 heavy (non-hydrogen) atoms. The minimum atomic E-state index is -4.33. The molecule has 3 heterocycles. The highest BCUT2D eigenvalue weighted by molar-refractivity contribution is 8.00. The van der Waals surface area contributed by atoms with Crippen molar-refractivity contribution in [3.8, 4) is 0 Å². The Morgan fingerprint density at radius 1 is 1.03 bits per heavy atom. The van der Waals surface area contributed by atoms with Gasteiger partial charge in [0.25, 0.3) is 5.91 Å². The molecule has 1 saturated heterocycles. The molecule has 0 spiro atoms. The Morgan fingerprint density at radius 3 is 2.41 bits per heavy atom. The van der Waals surface area contributed by atoms with Gasteiger partial charge in [0, 0.05) is 55.6 Å². The molecule has 3 aromatic rings. The second-order valence-corrected chi connectivity index (χ2v) is 7.98. The monoisotopic (exact) mass is 420 g/mol. The Morgan fingerprint density at radius 2 is 1.76 bits per heavy atom. The average molecular weight is 420 g/mol. The van der Waals surface area contributed by atoms with Gasteiger partial charge in [0.1, 0.15) is 5.65 Å². The average Bonchev–Trinajstić information content (AvgIpc) is 3.10. The summed E-state index contributed by atoms with van der Waals surface area (Å²) in [6.45, 7) is 3.31. The standard InChI is InChI=1S/C20H19F3N4OS/c21-20(22,23)29-17-6-4-15(5-7-17)19(28)26-11-9-25(10-12-26)13-16-14-27-8-2-1-3-18(27)24-16/h1-8,14H,9-13H2. The second-order valence-electron chi connectivity index (χ2n) is 6.84. The van der Waals surface area contributed by atoms with E-state index < -0.39 is 5.51 Å². The molecule has 152 valence electrons. The number of piperazine rings is 1. The summed E-state index contributed by atoms with van der Waals surface area (Å²) >= 11 is -0.180. The Hall–Kier alpha value is -2.52. The number of pyridine rings is 1. The first-order valence-corrected chi connectivity index (χ1v) is 9.99. The van der Waals surface area contributed by atoms with E-state index in [2.05, 4.69) is 9.88 Å². The normalized spacial score (nSPS) is 15.8. The van der Waals surface area contributed by atoms with E-state index >= 15 is 0 Å². The van der Waals surface area contributed by atoms with Crippen LogP contribution in [0.15, 0.2) is 59.8 Å². The Bertz CT molecular complexity index is 962. The van der Waals surface area contributed by atoms with Gasteiger partial charge >= 0.3 is 5.51 Å². The number of aromatic nitrogens is 2. The Labute approximate surface area is 170 Å². The molecule has 2 aromatic heterocycles. The number of fused-ring (bicyclic) bond motifs is 1. The maximum absolute atomic E-state index is 12.6. The van der Waals surface area contributed by atoms with Gasteiger partial charge in [-0.2, -0.15) is 13.2 Å². The number of halogens is 3. The molecule has 0 bridgehead atoms. The summed E-state index contributed by atoms with van der Waals surface area (Å²) in [5, 5.41) is 0. The molecule has 0 N–H and O–H groups in total. The molecule has 0 atom stereocenters. The third-order valence-electron chi connectivity index (χ3n) is 4.79. The minimum Gasteiger partial charge on any atom is -0.336 e. The largest absolute Gasteiger partial charge is 0.446 e. The van der Waals surface area contributed by atoms with Crippen LogP contribution in [-0.2, 0) is 6.54 Å². The fourth-order valence-corrected chi connectivity index (χ4v) is 3.92. The van der Waals surface area contributed by atoms with Crippen molar-refractivity contribution in [2.24, 2.45) is 0 Å². The fraction of sp³-hybridized carbons (Fsp3) is 0.300. The molecule has 0 saturated carbocycles. The predicted octanol–water partition coefficient (Wildman–Crippen LogP) is 3.90. The van der Waals surface area contributed by atoms with Crippen LogP contribution in [0.3, 0.4) is 0 Å². The van der Waals surface area contributed by atoms with Crippen LogP contribution in [0.1, 0.15) is 16.1 Å². The number of thioether (sulfide) groups is 1. The van der Waals surface area contributed by atoms with Gasteiger partial charge in [-0.25, -0.2) is 4.98 Å². The number of benzene rings is 1. The summed E-state index contributed by atoms with van der Waals surface area (Å²) in [6.07, 6.45) is 3.97. The third-order valence-corrected chi connectivity index (χ3v) is 5.53. The zero-order chi connectivity index (χ0) is 20.4. The van der Waals surface area contributed by atoms with Crippen LogP contribution in [0, 0.1) is 0 Å². The topological polar surface area (TPSA) is 40.9 Å². The molecule has 1 amide bonds. The van der Waals surface area contributed by atoms with E-state index in [1.54, 1.807) is 4.90 Å². The van der Waals surface area contributed by atoms with Crippen molar-refractivity contribution in [1.29, 1.82) is 0 Å². The number of nitrogens with zero attached hydrogens (tertiary/aromatic N) is 4. The van der Waals surface area contributed by atoms with E-state index in [4.69, 9.17) is 0 Å². The maximum atomic E-state index is 12.6. The number of carbonyl (C=O) groups is 1. The van der Waals surface area contributed by atoms with Gasteiger partial charge in [-0.05, 0) is 48.2 Å². The lowest BCUT2D eigenvalue weighted by molar-refractivity contribution is -0.0328. The maximum Gasteiger partial charge on any atom is 0.446 e. The van der Waals surface area contributed by atoms with Crippen molar-refractivity contribution in [3.05, 3.63) is 66.1 Å². The first-order chi connectivity index (χ1) is 13.9. The number of amides is 1. The van der Waals surface area contributed by atoms with Crippen molar-refractivity contribution in [3.63, 3.8) is 0 Å². The zero-order valence-electron chi connectivity index (χ0n) is 15.5. The summed E-state index contributed by atoms with van der Waals surface area (Å²) in [5.41, 5.74) is -2.04.